The van der Waals surface area contributed by atoms with Crippen LogP contribution in [0.3, 0.4) is 0 Å². The van der Waals surface area contributed by atoms with Crippen molar-refractivity contribution >= 4 is 5.97 Å². The largest absolute Gasteiger partial charge is 0.481 e. The van der Waals surface area contributed by atoms with Crippen LogP contribution in [0.15, 0.2) is 18.2 Å². The molecule has 0 aromatic heterocycles. The molecule has 0 fully saturated rings. The summed E-state index contributed by atoms with van der Waals surface area (Å²) in [5.74, 6) is -1.79. The molecule has 0 aliphatic rings. The summed E-state index contributed by atoms with van der Waals surface area (Å²) in [7, 11) is 0. The maximum absolute atomic E-state index is 12.6. The van der Waals surface area contributed by atoms with Crippen LogP contribution >= 0.6 is 0 Å². The predicted molar refractivity (Wildman–Crippen MR) is 49.3 cm³/mol. The van der Waals surface area contributed by atoms with Gasteiger partial charge >= 0.3 is 12.1 Å². The zero-order valence-corrected chi connectivity index (χ0v) is 8.34. The SMILES string of the molecule is Cc1cccc(OCC(=O)O)c1C(F)(F)F. The fourth-order valence-electron chi connectivity index (χ4n) is 1.26. The Balaban J connectivity index is 3.08. The molecular formula is C10H9F3O3. The van der Waals surface area contributed by atoms with Gasteiger partial charge in [-0.3, -0.25) is 0 Å². The van der Waals surface area contributed by atoms with E-state index in [2.05, 4.69) is 4.74 Å². The van der Waals surface area contributed by atoms with Crippen LogP contribution in [0, 0.1) is 6.92 Å². The van der Waals surface area contributed by atoms with Gasteiger partial charge in [-0.2, -0.15) is 13.2 Å². The van der Waals surface area contributed by atoms with Crippen LogP contribution in [0.1, 0.15) is 11.1 Å². The number of carboxylic acid groups (broad SMARTS) is 1. The number of alkyl halides is 3. The lowest BCUT2D eigenvalue weighted by Crippen LogP contribution is -2.15. The third-order valence-corrected chi connectivity index (χ3v) is 1.87. The monoisotopic (exact) mass is 234 g/mol. The van der Waals surface area contributed by atoms with Gasteiger partial charge in [0.15, 0.2) is 6.61 Å². The molecule has 0 atom stereocenters. The van der Waals surface area contributed by atoms with E-state index in [1.807, 2.05) is 0 Å². The van der Waals surface area contributed by atoms with Crippen molar-refractivity contribution in [1.82, 2.24) is 0 Å². The Morgan fingerprint density at radius 3 is 2.56 bits per heavy atom. The van der Waals surface area contributed by atoms with E-state index in [1.54, 1.807) is 0 Å². The van der Waals surface area contributed by atoms with Crippen LogP contribution in [0.2, 0.25) is 0 Å². The Bertz CT molecular complexity index is 399. The molecule has 1 N–H and O–H groups in total. The second-order valence-electron chi connectivity index (χ2n) is 3.13. The van der Waals surface area contributed by atoms with Crippen molar-refractivity contribution in [3.63, 3.8) is 0 Å². The fraction of sp³-hybridized carbons (Fsp3) is 0.300. The second kappa shape index (κ2) is 4.42. The Labute approximate surface area is 89.5 Å². The average Bonchev–Trinajstić information content (AvgIpc) is 2.12. The van der Waals surface area contributed by atoms with Crippen LogP contribution in [0.5, 0.6) is 5.75 Å². The van der Waals surface area contributed by atoms with Gasteiger partial charge in [0.1, 0.15) is 11.3 Å². The van der Waals surface area contributed by atoms with Gasteiger partial charge in [0, 0.05) is 0 Å². The average molecular weight is 234 g/mol. The van der Waals surface area contributed by atoms with Crippen molar-refractivity contribution < 1.29 is 27.8 Å². The van der Waals surface area contributed by atoms with Gasteiger partial charge in [0.25, 0.3) is 0 Å². The quantitative estimate of drug-likeness (QED) is 0.873. The number of benzene rings is 1. The van der Waals surface area contributed by atoms with Crippen molar-refractivity contribution in [2.45, 2.75) is 13.1 Å². The van der Waals surface area contributed by atoms with E-state index < -0.39 is 30.1 Å². The van der Waals surface area contributed by atoms with Crippen LogP contribution in [-0.4, -0.2) is 17.7 Å². The molecule has 0 radical (unpaired) electrons. The Morgan fingerprint density at radius 1 is 1.44 bits per heavy atom. The highest BCUT2D eigenvalue weighted by Gasteiger charge is 2.36. The minimum atomic E-state index is -4.56. The van der Waals surface area contributed by atoms with Crippen LogP contribution < -0.4 is 4.74 Å². The van der Waals surface area contributed by atoms with E-state index >= 15 is 0 Å². The molecule has 0 aliphatic heterocycles. The van der Waals surface area contributed by atoms with Gasteiger partial charge in [0.2, 0.25) is 0 Å². The minimum Gasteiger partial charge on any atom is -0.481 e. The molecule has 1 rings (SSSR count). The first-order valence-corrected chi connectivity index (χ1v) is 4.34. The Morgan fingerprint density at radius 2 is 2.06 bits per heavy atom. The zero-order chi connectivity index (χ0) is 12.3. The van der Waals surface area contributed by atoms with Gasteiger partial charge in [-0.15, -0.1) is 0 Å². The molecule has 0 saturated carbocycles. The Hall–Kier alpha value is -1.72. The molecule has 0 bridgehead atoms. The van der Waals surface area contributed by atoms with Gasteiger partial charge in [-0.25, -0.2) is 4.79 Å². The summed E-state index contributed by atoms with van der Waals surface area (Å²) >= 11 is 0. The number of rotatable bonds is 3. The molecule has 0 saturated heterocycles. The van der Waals surface area contributed by atoms with Crippen LogP contribution in [0.25, 0.3) is 0 Å². The first-order valence-electron chi connectivity index (χ1n) is 4.34. The maximum Gasteiger partial charge on any atom is 0.420 e. The number of halogens is 3. The summed E-state index contributed by atoms with van der Waals surface area (Å²) in [6.45, 7) is 0.489. The summed E-state index contributed by atoms with van der Waals surface area (Å²) in [6, 6.07) is 3.76. The molecule has 1 aromatic carbocycles. The number of hydrogen-bond donors (Lipinski definition) is 1. The van der Waals surface area contributed by atoms with Gasteiger partial charge < -0.3 is 9.84 Å². The van der Waals surface area contributed by atoms with Crippen molar-refractivity contribution in [3.05, 3.63) is 29.3 Å². The van der Waals surface area contributed by atoms with E-state index in [0.717, 1.165) is 6.07 Å². The minimum absolute atomic E-state index is 0.00427. The number of aliphatic carboxylic acids is 1. The summed E-state index contributed by atoms with van der Waals surface area (Å²) in [5, 5.41) is 8.33. The molecular weight excluding hydrogens is 225 g/mol. The maximum atomic E-state index is 12.6. The molecule has 16 heavy (non-hydrogen) atoms. The van der Waals surface area contributed by atoms with Crippen LogP contribution in [-0.2, 0) is 11.0 Å². The normalized spacial score (nSPS) is 11.2. The number of ether oxygens (including phenoxy) is 1. The van der Waals surface area contributed by atoms with Crippen LogP contribution in [0.4, 0.5) is 13.2 Å². The third kappa shape index (κ3) is 2.88. The molecule has 0 aliphatic carbocycles. The van der Waals surface area contributed by atoms with E-state index in [9.17, 15) is 18.0 Å². The summed E-state index contributed by atoms with van der Waals surface area (Å²) in [5.41, 5.74) is -0.938. The number of hydrogen-bond acceptors (Lipinski definition) is 2. The van der Waals surface area contributed by atoms with Crippen molar-refractivity contribution in [1.29, 1.82) is 0 Å². The van der Waals surface area contributed by atoms with Gasteiger partial charge in [0.05, 0.1) is 0 Å². The van der Waals surface area contributed by atoms with Crippen molar-refractivity contribution in [3.8, 4) is 5.75 Å². The fourth-order valence-corrected chi connectivity index (χ4v) is 1.26. The predicted octanol–water partition coefficient (Wildman–Crippen LogP) is 2.48. The van der Waals surface area contributed by atoms with E-state index in [-0.39, 0.29) is 5.56 Å². The third-order valence-electron chi connectivity index (χ3n) is 1.87. The lowest BCUT2D eigenvalue weighted by Gasteiger charge is -2.15. The number of carbonyl (C=O) groups is 1. The number of carboxylic acids is 1. The highest BCUT2D eigenvalue weighted by atomic mass is 19.4. The molecule has 0 spiro atoms. The molecule has 3 nitrogen and oxygen atoms in total. The molecule has 88 valence electrons. The molecule has 0 amide bonds. The lowest BCUT2D eigenvalue weighted by molar-refractivity contribution is -0.143. The van der Waals surface area contributed by atoms with E-state index in [0.29, 0.717) is 0 Å². The highest BCUT2D eigenvalue weighted by Crippen LogP contribution is 2.38. The van der Waals surface area contributed by atoms with E-state index in [1.165, 1.54) is 19.1 Å². The molecule has 0 heterocycles. The van der Waals surface area contributed by atoms with Crippen molar-refractivity contribution in [2.75, 3.05) is 6.61 Å². The smallest absolute Gasteiger partial charge is 0.420 e. The number of aryl methyl sites for hydroxylation is 1. The summed E-state index contributed by atoms with van der Waals surface area (Å²) in [4.78, 5) is 10.2. The molecule has 6 heteroatoms. The van der Waals surface area contributed by atoms with Gasteiger partial charge in [-0.05, 0) is 18.6 Å². The molecule has 1 aromatic rings. The second-order valence-corrected chi connectivity index (χ2v) is 3.13. The summed E-state index contributed by atoms with van der Waals surface area (Å²) in [6.07, 6.45) is -4.56. The molecule has 0 unspecified atom stereocenters. The standard InChI is InChI=1S/C10H9F3O3/c1-6-3-2-4-7(16-5-8(14)15)9(6)10(11,12)13/h2-4H,5H2,1H3,(H,14,15). The highest BCUT2D eigenvalue weighted by molar-refractivity contribution is 5.68. The zero-order valence-electron chi connectivity index (χ0n) is 8.34. The topological polar surface area (TPSA) is 46.5 Å². The first-order chi connectivity index (χ1) is 7.32. The van der Waals surface area contributed by atoms with E-state index in [4.69, 9.17) is 5.11 Å². The van der Waals surface area contributed by atoms with Gasteiger partial charge in [-0.1, -0.05) is 12.1 Å². The Kier molecular flexibility index (Phi) is 3.41. The summed E-state index contributed by atoms with van der Waals surface area (Å²) < 4.78 is 42.4. The van der Waals surface area contributed by atoms with Crippen molar-refractivity contribution in [2.24, 2.45) is 0 Å². The lowest BCUT2D eigenvalue weighted by atomic mass is 10.1. The first kappa shape index (κ1) is 12.4.